The lowest BCUT2D eigenvalue weighted by Gasteiger charge is -2.14. The van der Waals surface area contributed by atoms with E-state index >= 15 is 0 Å². The van der Waals surface area contributed by atoms with Crippen molar-refractivity contribution in [1.82, 2.24) is 10.1 Å². The van der Waals surface area contributed by atoms with Crippen molar-refractivity contribution in [2.45, 2.75) is 44.2 Å². The lowest BCUT2D eigenvalue weighted by molar-refractivity contribution is -0.233. The number of nitrogens with zero attached hydrogens (tertiary/aromatic N) is 2. The van der Waals surface area contributed by atoms with Gasteiger partial charge < -0.3 is 9.57 Å². The van der Waals surface area contributed by atoms with Crippen molar-refractivity contribution in [3.63, 3.8) is 0 Å². The molecule has 0 atom stereocenters. The van der Waals surface area contributed by atoms with Crippen LogP contribution in [0.2, 0.25) is 0 Å². The molecule has 19 heteroatoms. The molecule has 2 amide bonds. The maximum atomic E-state index is 11.6. The van der Waals surface area contributed by atoms with E-state index in [9.17, 15) is 63.5 Å². The van der Waals surface area contributed by atoms with Gasteiger partial charge in [0.05, 0.1) is 6.54 Å². The van der Waals surface area contributed by atoms with Crippen molar-refractivity contribution in [3.8, 4) is 0 Å². The quantitative estimate of drug-likeness (QED) is 0.246. The fraction of sp³-hybridized carbons (Fsp3) is 0.643. The van der Waals surface area contributed by atoms with Gasteiger partial charge in [-0.15, -0.1) is 0 Å². The summed E-state index contributed by atoms with van der Waals surface area (Å²) in [4.78, 5) is 54.3. The Morgan fingerprint density at radius 2 is 1.09 bits per heavy atom. The average Bonchev–Trinajstić information content (AvgIpc) is 3.21. The summed E-state index contributed by atoms with van der Waals surface area (Å²) in [5.74, 6) is -9.51. The summed E-state index contributed by atoms with van der Waals surface area (Å²) in [6, 6.07) is 0. The monoisotopic (exact) mass is 508 g/mol. The number of hydrogen-bond donors (Lipinski definition) is 1. The topological polar surface area (TPSA) is 131 Å². The predicted molar refractivity (Wildman–Crippen MR) is 79.0 cm³/mol. The van der Waals surface area contributed by atoms with Crippen LogP contribution < -0.4 is 0 Å². The van der Waals surface area contributed by atoms with E-state index in [1.807, 2.05) is 0 Å². The zero-order chi connectivity index (χ0) is 26.2. The lowest BCUT2D eigenvalue weighted by Crippen LogP contribution is -2.35. The van der Waals surface area contributed by atoms with Crippen molar-refractivity contribution in [3.05, 3.63) is 0 Å². The summed E-state index contributed by atoms with van der Waals surface area (Å²) >= 11 is 0. The maximum absolute atomic E-state index is 11.6. The highest BCUT2D eigenvalue weighted by molar-refractivity contribution is 5.90. The molecule has 2 aliphatic rings. The van der Waals surface area contributed by atoms with Gasteiger partial charge in [0.1, 0.15) is 0 Å². The van der Waals surface area contributed by atoms with Crippen molar-refractivity contribution < 1.29 is 78.3 Å². The summed E-state index contributed by atoms with van der Waals surface area (Å²) < 4.78 is 105. The number of alkyl halides is 9. The van der Waals surface area contributed by atoms with E-state index in [-0.39, 0.29) is 18.9 Å². The van der Waals surface area contributed by atoms with Gasteiger partial charge in [-0.05, 0) is 12.8 Å². The molecule has 1 N–H and O–H groups in total. The zero-order valence-electron chi connectivity index (χ0n) is 15.8. The molecule has 0 saturated carbocycles. The Labute approximate surface area is 176 Å². The molecule has 0 aromatic carbocycles. The van der Waals surface area contributed by atoms with E-state index in [1.165, 1.54) is 0 Å². The second-order valence-electron chi connectivity index (χ2n) is 5.77. The highest BCUT2D eigenvalue weighted by Crippen LogP contribution is 2.22. The highest BCUT2D eigenvalue weighted by Gasteiger charge is 2.49. The summed E-state index contributed by atoms with van der Waals surface area (Å²) in [5.41, 5.74) is 0. The van der Waals surface area contributed by atoms with Crippen LogP contribution >= 0.6 is 0 Å². The van der Waals surface area contributed by atoms with E-state index in [0.717, 1.165) is 11.5 Å². The molecule has 0 aromatic heterocycles. The van der Waals surface area contributed by atoms with Gasteiger partial charge in [-0.25, -0.2) is 19.4 Å². The molecular weight excluding hydrogens is 495 g/mol. The van der Waals surface area contributed by atoms with E-state index in [4.69, 9.17) is 5.21 Å². The number of rotatable bonds is 1. The van der Waals surface area contributed by atoms with Crippen molar-refractivity contribution in [2.24, 2.45) is 0 Å². The Kier molecular flexibility index (Phi) is 10.6. The van der Waals surface area contributed by atoms with Crippen LogP contribution in [0.25, 0.3) is 0 Å². The van der Waals surface area contributed by atoms with Crippen LogP contribution in [0.15, 0.2) is 0 Å². The van der Waals surface area contributed by atoms with Gasteiger partial charge in [-0.1, -0.05) is 0 Å². The Morgan fingerprint density at radius 3 is 1.33 bits per heavy atom. The Morgan fingerprint density at radius 1 is 0.697 bits per heavy atom. The summed E-state index contributed by atoms with van der Waals surface area (Å²) in [6.45, 7) is 0.541. The lowest BCUT2D eigenvalue weighted by atomic mass is 10.4. The molecule has 190 valence electrons. The largest absolute Gasteiger partial charge is 0.493 e. The smallest absolute Gasteiger partial charge is 0.380 e. The van der Waals surface area contributed by atoms with Crippen molar-refractivity contribution in [1.29, 1.82) is 0 Å². The van der Waals surface area contributed by atoms with Crippen molar-refractivity contribution in [2.75, 3.05) is 13.1 Å². The summed E-state index contributed by atoms with van der Waals surface area (Å²) in [6.07, 6.45) is -14.5. The van der Waals surface area contributed by atoms with Crippen LogP contribution in [0.3, 0.4) is 0 Å². The minimum atomic E-state index is -5.62. The normalized spacial score (nSPS) is 16.4. The van der Waals surface area contributed by atoms with Gasteiger partial charge in [0.15, 0.2) is 0 Å². The van der Waals surface area contributed by atoms with E-state index < -0.39 is 42.3 Å². The van der Waals surface area contributed by atoms with E-state index in [2.05, 4.69) is 9.57 Å². The summed E-state index contributed by atoms with van der Waals surface area (Å²) in [7, 11) is 0. The van der Waals surface area contributed by atoms with Gasteiger partial charge in [-0.2, -0.15) is 44.6 Å². The van der Waals surface area contributed by atoms with E-state index in [0.29, 0.717) is 24.4 Å². The molecule has 0 radical (unpaired) electrons. The molecule has 2 heterocycles. The number of ether oxygens (including phenoxy) is 1. The number of amides is 2. The first-order valence-corrected chi connectivity index (χ1v) is 8.25. The van der Waals surface area contributed by atoms with Crippen LogP contribution in [0, 0.1) is 0 Å². The molecule has 2 saturated heterocycles. The van der Waals surface area contributed by atoms with Gasteiger partial charge in [0, 0.05) is 19.4 Å². The van der Waals surface area contributed by atoms with Crippen molar-refractivity contribution >= 4 is 29.7 Å². The molecule has 2 fully saturated rings. The number of hydroxylamine groups is 4. The maximum Gasteiger partial charge on any atom is 0.493 e. The second-order valence-corrected chi connectivity index (χ2v) is 5.77. The first kappa shape index (κ1) is 29.9. The summed E-state index contributed by atoms with van der Waals surface area (Å²) in [5, 5.41) is 9.69. The van der Waals surface area contributed by atoms with Crippen LogP contribution in [0.1, 0.15) is 25.7 Å². The number of carbonyl (C=O) groups is 5. The standard InChI is InChI=1S/C6H6F3NO3.C4F6O3.C4H7NO2/c7-6(8,9)5(12)13-10-3-1-2-4(10)11;5-3(6,7)1(11)13-2(12)4(8,9)10;6-4-2-1-3-5(4)7/h1-3H2;;7H,1-3H2. The van der Waals surface area contributed by atoms with Gasteiger partial charge >= 0.3 is 36.4 Å². The van der Waals surface area contributed by atoms with Crippen LogP contribution in [0.5, 0.6) is 0 Å². The Balaban J connectivity index is 0.000000486. The molecule has 2 aliphatic heterocycles. The van der Waals surface area contributed by atoms with Crippen LogP contribution in [-0.4, -0.2) is 76.7 Å². The zero-order valence-corrected chi connectivity index (χ0v) is 15.8. The Hall–Kier alpha value is -3.12. The molecule has 2 rings (SSSR count). The molecule has 10 nitrogen and oxygen atoms in total. The SMILES string of the molecule is O=C(OC(=O)C(F)(F)F)C(F)(F)F.O=C1CCCN1O.O=C1CCCN1OC(=O)C(F)(F)F. The first-order valence-electron chi connectivity index (χ1n) is 8.25. The minimum absolute atomic E-state index is 0.0284. The third-order valence-corrected chi connectivity index (χ3v) is 3.15. The fourth-order valence-electron chi connectivity index (χ4n) is 1.71. The molecule has 0 spiro atoms. The average molecular weight is 508 g/mol. The molecule has 0 aliphatic carbocycles. The van der Waals surface area contributed by atoms with Gasteiger partial charge in [-0.3, -0.25) is 14.8 Å². The molecule has 0 bridgehead atoms. The predicted octanol–water partition coefficient (Wildman–Crippen LogP) is 1.81. The molecule has 0 aromatic rings. The van der Waals surface area contributed by atoms with Gasteiger partial charge in [0.25, 0.3) is 5.91 Å². The first-order chi connectivity index (χ1) is 14.8. The molecule has 33 heavy (non-hydrogen) atoms. The van der Waals surface area contributed by atoms with Crippen LogP contribution in [-0.2, 0) is 33.5 Å². The Bertz CT molecular complexity index is 724. The number of halogens is 9. The molecular formula is C14H13F9N2O8. The fourth-order valence-corrected chi connectivity index (χ4v) is 1.71. The second kappa shape index (κ2) is 11.7. The number of hydrogen-bond acceptors (Lipinski definition) is 8. The number of carbonyl (C=O) groups excluding carboxylic acids is 5. The minimum Gasteiger partial charge on any atom is -0.380 e. The third kappa shape index (κ3) is 11.3. The van der Waals surface area contributed by atoms with Gasteiger partial charge in [0.2, 0.25) is 5.91 Å². The van der Waals surface area contributed by atoms with E-state index in [1.54, 1.807) is 0 Å². The number of esters is 2. The van der Waals surface area contributed by atoms with Crippen LogP contribution in [0.4, 0.5) is 39.5 Å². The highest BCUT2D eigenvalue weighted by atomic mass is 19.4. The third-order valence-electron chi connectivity index (χ3n) is 3.15. The molecule has 0 unspecified atom stereocenters.